The van der Waals surface area contributed by atoms with Gasteiger partial charge in [0.15, 0.2) is 0 Å². The van der Waals surface area contributed by atoms with Crippen LogP contribution in [0.3, 0.4) is 0 Å². The lowest BCUT2D eigenvalue weighted by atomic mass is 9.69. The summed E-state index contributed by atoms with van der Waals surface area (Å²) in [6.07, 6.45) is 17.5. The average molecular weight is 342 g/mol. The molecule has 0 unspecified atom stereocenters. The van der Waals surface area contributed by atoms with Crippen LogP contribution in [0.25, 0.3) is 0 Å². The zero-order valence-corrected chi connectivity index (χ0v) is 16.6. The van der Waals surface area contributed by atoms with Gasteiger partial charge in [0.05, 0.1) is 0 Å². The van der Waals surface area contributed by atoms with Crippen LogP contribution in [-0.4, -0.2) is 0 Å². The summed E-state index contributed by atoms with van der Waals surface area (Å²) in [4.78, 5) is 0. The molecule has 0 bridgehead atoms. The minimum Gasteiger partial charge on any atom is -0.399 e. The Bertz CT molecular complexity index is 519. The molecule has 2 fully saturated rings. The van der Waals surface area contributed by atoms with E-state index in [4.69, 9.17) is 5.73 Å². The van der Waals surface area contributed by atoms with Crippen LogP contribution < -0.4 is 5.73 Å². The molecule has 2 N–H and O–H groups in total. The summed E-state index contributed by atoms with van der Waals surface area (Å²) in [7, 11) is 0. The number of anilines is 1. The molecule has 0 aromatic heterocycles. The molecule has 0 heterocycles. The summed E-state index contributed by atoms with van der Waals surface area (Å²) < 4.78 is 0. The molecule has 2 aliphatic carbocycles. The van der Waals surface area contributed by atoms with Gasteiger partial charge in [-0.15, -0.1) is 0 Å². The molecule has 1 aromatic rings. The van der Waals surface area contributed by atoms with Crippen molar-refractivity contribution in [2.45, 2.75) is 90.9 Å². The van der Waals surface area contributed by atoms with E-state index in [1.54, 1.807) is 0 Å². The maximum atomic E-state index is 6.02. The van der Waals surface area contributed by atoms with E-state index in [-0.39, 0.29) is 0 Å². The quantitative estimate of drug-likeness (QED) is 0.441. The van der Waals surface area contributed by atoms with Gasteiger partial charge in [-0.1, -0.05) is 57.6 Å². The fraction of sp³-hybridized carbons (Fsp3) is 0.750. The lowest BCUT2D eigenvalue weighted by Crippen LogP contribution is -2.25. The highest BCUT2D eigenvalue weighted by atomic mass is 14.5. The molecular weight excluding hydrogens is 302 g/mol. The van der Waals surface area contributed by atoms with E-state index in [2.05, 4.69) is 32.0 Å². The predicted octanol–water partition coefficient (Wildman–Crippen LogP) is 6.92. The van der Waals surface area contributed by atoms with Gasteiger partial charge in [0.25, 0.3) is 0 Å². The smallest absolute Gasteiger partial charge is 0.0346 e. The Balaban J connectivity index is 1.31. The summed E-state index contributed by atoms with van der Waals surface area (Å²) in [6.45, 7) is 4.53. The summed E-state index contributed by atoms with van der Waals surface area (Å²) in [6, 6.07) is 6.59. The van der Waals surface area contributed by atoms with Gasteiger partial charge < -0.3 is 5.73 Å². The van der Waals surface area contributed by atoms with Crippen LogP contribution >= 0.6 is 0 Å². The Morgan fingerprint density at radius 2 is 1.52 bits per heavy atom. The molecule has 2 saturated carbocycles. The summed E-state index contributed by atoms with van der Waals surface area (Å²) in [5, 5.41) is 0. The molecule has 3 rings (SSSR count). The van der Waals surface area contributed by atoms with Crippen LogP contribution in [0.2, 0.25) is 0 Å². The molecule has 1 heteroatoms. The Morgan fingerprint density at radius 3 is 2.16 bits per heavy atom. The molecule has 140 valence electrons. The van der Waals surface area contributed by atoms with Crippen molar-refractivity contribution in [2.75, 3.05) is 5.73 Å². The van der Waals surface area contributed by atoms with Crippen LogP contribution in [0.1, 0.15) is 88.7 Å². The summed E-state index contributed by atoms with van der Waals surface area (Å²) >= 11 is 0. The zero-order valence-electron chi connectivity index (χ0n) is 16.6. The van der Waals surface area contributed by atoms with Gasteiger partial charge in [-0.3, -0.25) is 0 Å². The maximum absolute atomic E-state index is 6.02. The second kappa shape index (κ2) is 9.10. The van der Waals surface area contributed by atoms with Crippen LogP contribution in [0, 0.1) is 30.6 Å². The number of hydrogen-bond donors (Lipinski definition) is 1. The van der Waals surface area contributed by atoms with Gasteiger partial charge in [0.2, 0.25) is 0 Å². The highest BCUT2D eigenvalue weighted by Crippen LogP contribution is 2.42. The van der Waals surface area contributed by atoms with Gasteiger partial charge >= 0.3 is 0 Å². The first kappa shape index (κ1) is 18.8. The monoisotopic (exact) mass is 341 g/mol. The first-order valence-corrected chi connectivity index (χ1v) is 11.0. The molecular formula is C24H39N. The van der Waals surface area contributed by atoms with Gasteiger partial charge in [0.1, 0.15) is 0 Å². The van der Waals surface area contributed by atoms with E-state index in [1.807, 2.05) is 0 Å². The van der Waals surface area contributed by atoms with Crippen molar-refractivity contribution in [3.63, 3.8) is 0 Å². The largest absolute Gasteiger partial charge is 0.399 e. The molecule has 1 aromatic carbocycles. The molecule has 0 radical (unpaired) electrons. The maximum Gasteiger partial charge on any atom is 0.0346 e. The lowest BCUT2D eigenvalue weighted by molar-refractivity contribution is 0.146. The molecule has 0 saturated heterocycles. The van der Waals surface area contributed by atoms with Crippen LogP contribution in [0.4, 0.5) is 5.69 Å². The fourth-order valence-electron chi connectivity index (χ4n) is 5.31. The Morgan fingerprint density at radius 1 is 0.880 bits per heavy atom. The topological polar surface area (TPSA) is 26.0 Å². The number of nitrogen functional groups attached to an aromatic ring is 1. The second-order valence-corrected chi connectivity index (χ2v) is 9.24. The molecule has 2 aliphatic rings. The number of unbranched alkanes of at least 4 members (excludes halogenated alkanes) is 1. The number of hydrogen-bond acceptors (Lipinski definition) is 1. The molecule has 0 amide bonds. The number of aryl methyl sites for hydroxylation is 2. The first-order chi connectivity index (χ1) is 12.1. The zero-order chi connectivity index (χ0) is 17.6. The Kier molecular flexibility index (Phi) is 6.84. The fourth-order valence-corrected chi connectivity index (χ4v) is 5.31. The molecule has 0 atom stereocenters. The number of rotatable bonds is 6. The second-order valence-electron chi connectivity index (χ2n) is 9.24. The van der Waals surface area contributed by atoms with Crippen LogP contribution in [-0.2, 0) is 6.42 Å². The van der Waals surface area contributed by atoms with Crippen molar-refractivity contribution in [3.05, 3.63) is 29.3 Å². The van der Waals surface area contributed by atoms with Gasteiger partial charge in [-0.25, -0.2) is 0 Å². The van der Waals surface area contributed by atoms with Gasteiger partial charge in [0, 0.05) is 5.69 Å². The van der Waals surface area contributed by atoms with E-state index >= 15 is 0 Å². The van der Waals surface area contributed by atoms with Crippen molar-refractivity contribution in [1.29, 1.82) is 0 Å². The molecule has 1 nitrogen and oxygen atoms in total. The molecule has 0 aliphatic heterocycles. The average Bonchev–Trinajstić information content (AvgIpc) is 2.63. The van der Waals surface area contributed by atoms with Gasteiger partial charge in [-0.2, -0.15) is 0 Å². The summed E-state index contributed by atoms with van der Waals surface area (Å²) in [5.74, 6) is 4.15. The predicted molar refractivity (Wildman–Crippen MR) is 110 cm³/mol. The standard InChI is InChI=1S/C24H39N/c1-18-7-13-22(14-8-18)23-15-11-20(12-16-23)5-3-4-6-21-10-9-19(2)24(25)17-21/h9-10,17-18,20,22-23H,3-8,11-16,25H2,1-2H3. The lowest BCUT2D eigenvalue weighted by Gasteiger charge is -2.37. The van der Waals surface area contributed by atoms with E-state index in [1.165, 1.54) is 88.2 Å². The SMILES string of the molecule is Cc1ccc(CCCCC2CCC(C3CCC(C)CC3)CC2)cc1N. The molecule has 0 spiro atoms. The van der Waals surface area contributed by atoms with E-state index < -0.39 is 0 Å². The van der Waals surface area contributed by atoms with Crippen molar-refractivity contribution in [3.8, 4) is 0 Å². The van der Waals surface area contributed by atoms with Crippen molar-refractivity contribution >= 4 is 5.69 Å². The first-order valence-electron chi connectivity index (χ1n) is 11.0. The van der Waals surface area contributed by atoms with E-state index in [0.717, 1.165) is 29.4 Å². The summed E-state index contributed by atoms with van der Waals surface area (Å²) in [5.41, 5.74) is 9.59. The highest BCUT2D eigenvalue weighted by Gasteiger charge is 2.29. The minimum atomic E-state index is 0.952. The van der Waals surface area contributed by atoms with E-state index in [9.17, 15) is 0 Å². The van der Waals surface area contributed by atoms with Crippen molar-refractivity contribution in [1.82, 2.24) is 0 Å². The van der Waals surface area contributed by atoms with Crippen molar-refractivity contribution < 1.29 is 0 Å². The van der Waals surface area contributed by atoms with Crippen LogP contribution in [0.5, 0.6) is 0 Å². The third-order valence-corrected chi connectivity index (χ3v) is 7.29. The third-order valence-electron chi connectivity index (χ3n) is 7.29. The Labute approximate surface area is 155 Å². The minimum absolute atomic E-state index is 0.952. The normalized spacial score (nSPS) is 30.3. The number of benzene rings is 1. The highest BCUT2D eigenvalue weighted by molar-refractivity contribution is 5.48. The van der Waals surface area contributed by atoms with E-state index in [0.29, 0.717) is 0 Å². The van der Waals surface area contributed by atoms with Gasteiger partial charge in [-0.05, 0) is 86.3 Å². The number of nitrogens with two attached hydrogens (primary N) is 1. The van der Waals surface area contributed by atoms with Crippen molar-refractivity contribution in [2.24, 2.45) is 23.7 Å². The molecule has 25 heavy (non-hydrogen) atoms. The van der Waals surface area contributed by atoms with Crippen LogP contribution in [0.15, 0.2) is 18.2 Å². The Hall–Kier alpha value is -0.980. The third kappa shape index (κ3) is 5.50.